The maximum Gasteiger partial charge on any atom is 0.325 e. The van der Waals surface area contributed by atoms with Crippen molar-refractivity contribution < 1.29 is 9.53 Å². The van der Waals surface area contributed by atoms with Crippen molar-refractivity contribution in [1.82, 2.24) is 5.32 Å². The molecule has 0 bridgehead atoms. The van der Waals surface area contributed by atoms with Crippen molar-refractivity contribution in [3.63, 3.8) is 0 Å². The fourth-order valence-electron chi connectivity index (χ4n) is 3.01. The molecule has 2 aliphatic rings. The number of ether oxygens (including phenoxy) is 1. The van der Waals surface area contributed by atoms with Crippen molar-refractivity contribution in [2.24, 2.45) is 11.7 Å². The van der Waals surface area contributed by atoms with Crippen molar-refractivity contribution in [2.45, 2.75) is 50.6 Å². The quantitative estimate of drug-likeness (QED) is 0.728. The van der Waals surface area contributed by atoms with Gasteiger partial charge in [0, 0.05) is 12.0 Å². The van der Waals surface area contributed by atoms with Crippen LogP contribution in [0.3, 0.4) is 0 Å². The number of esters is 1. The summed E-state index contributed by atoms with van der Waals surface area (Å²) in [4.78, 5) is 11.6. The maximum atomic E-state index is 11.6. The molecule has 17 heavy (non-hydrogen) atoms. The van der Waals surface area contributed by atoms with E-state index in [9.17, 15) is 4.79 Å². The summed E-state index contributed by atoms with van der Waals surface area (Å²) in [5, 5.41) is 3.42. The van der Waals surface area contributed by atoms with Gasteiger partial charge in [0.05, 0.1) is 7.11 Å². The number of nitrogens with two attached hydrogens (primary N) is 1. The zero-order valence-corrected chi connectivity index (χ0v) is 10.7. The van der Waals surface area contributed by atoms with Gasteiger partial charge in [0.15, 0.2) is 0 Å². The Labute approximate surface area is 103 Å². The molecule has 1 aliphatic heterocycles. The summed E-state index contributed by atoms with van der Waals surface area (Å²) in [5.41, 5.74) is 6.40. The first-order valence-corrected chi connectivity index (χ1v) is 6.37. The molecule has 4 nitrogen and oxygen atoms in total. The van der Waals surface area contributed by atoms with Crippen LogP contribution in [0, 0.1) is 5.92 Å². The summed E-state index contributed by atoms with van der Waals surface area (Å²) in [6.07, 6.45) is 7.67. The minimum absolute atomic E-state index is 0.336. The Kier molecular flexibility index (Phi) is 3.43. The molecule has 1 aliphatic carbocycles. The third kappa shape index (κ3) is 2.46. The van der Waals surface area contributed by atoms with Crippen molar-refractivity contribution in [3.8, 4) is 0 Å². The Morgan fingerprint density at radius 1 is 1.59 bits per heavy atom. The topological polar surface area (TPSA) is 64.3 Å². The average Bonchev–Trinajstić information content (AvgIpc) is 2.71. The number of carbonyl (C=O) groups is 1. The van der Waals surface area contributed by atoms with Gasteiger partial charge in [-0.3, -0.25) is 4.79 Å². The van der Waals surface area contributed by atoms with E-state index in [0.717, 1.165) is 0 Å². The predicted molar refractivity (Wildman–Crippen MR) is 66.2 cm³/mol. The molecule has 1 saturated carbocycles. The zero-order chi connectivity index (χ0) is 12.5. The van der Waals surface area contributed by atoms with Gasteiger partial charge in [0.25, 0.3) is 0 Å². The van der Waals surface area contributed by atoms with Crippen LogP contribution in [0.5, 0.6) is 0 Å². The van der Waals surface area contributed by atoms with Crippen LogP contribution < -0.4 is 11.1 Å². The fraction of sp³-hybridized carbons (Fsp3) is 0.769. The van der Waals surface area contributed by atoms with Gasteiger partial charge in [-0.05, 0) is 38.0 Å². The second kappa shape index (κ2) is 4.69. The molecule has 4 heteroatoms. The van der Waals surface area contributed by atoms with Gasteiger partial charge in [0.1, 0.15) is 5.54 Å². The van der Waals surface area contributed by atoms with E-state index < -0.39 is 5.54 Å². The van der Waals surface area contributed by atoms with Crippen molar-refractivity contribution in [1.29, 1.82) is 0 Å². The molecule has 2 rings (SSSR count). The first-order chi connectivity index (χ1) is 8.04. The van der Waals surface area contributed by atoms with Crippen molar-refractivity contribution in [3.05, 3.63) is 11.8 Å². The number of methoxy groups -OCH3 is 1. The second-order valence-corrected chi connectivity index (χ2v) is 5.47. The number of hydrogen-bond acceptors (Lipinski definition) is 4. The van der Waals surface area contributed by atoms with Crippen LogP contribution >= 0.6 is 0 Å². The van der Waals surface area contributed by atoms with Crippen molar-refractivity contribution >= 4 is 5.97 Å². The molecule has 3 N–H and O–H groups in total. The molecule has 3 unspecified atom stereocenters. The van der Waals surface area contributed by atoms with Crippen molar-refractivity contribution in [2.75, 3.05) is 7.11 Å². The van der Waals surface area contributed by atoms with Gasteiger partial charge in [-0.1, -0.05) is 12.8 Å². The van der Waals surface area contributed by atoms with Crippen LogP contribution in [0.15, 0.2) is 11.8 Å². The van der Waals surface area contributed by atoms with Gasteiger partial charge < -0.3 is 15.8 Å². The lowest BCUT2D eigenvalue weighted by Crippen LogP contribution is -2.46. The molecule has 1 fully saturated rings. The maximum absolute atomic E-state index is 11.6. The summed E-state index contributed by atoms with van der Waals surface area (Å²) in [6.45, 7) is 1.75. The number of carbonyl (C=O) groups excluding carboxylic acids is 1. The molecule has 0 aromatic carbocycles. The van der Waals surface area contributed by atoms with Crippen LogP contribution in [0.25, 0.3) is 0 Å². The van der Waals surface area contributed by atoms with Gasteiger partial charge in [-0.25, -0.2) is 0 Å². The molecule has 0 saturated heterocycles. The van der Waals surface area contributed by atoms with E-state index in [1.54, 1.807) is 6.92 Å². The lowest BCUT2D eigenvalue weighted by atomic mass is 9.78. The van der Waals surface area contributed by atoms with E-state index >= 15 is 0 Å². The Bertz CT molecular complexity index is 336. The Morgan fingerprint density at radius 2 is 2.29 bits per heavy atom. The summed E-state index contributed by atoms with van der Waals surface area (Å²) < 4.78 is 4.75. The molecular formula is C13H22N2O2. The van der Waals surface area contributed by atoms with Crippen LogP contribution in [-0.2, 0) is 9.53 Å². The lowest BCUT2D eigenvalue weighted by molar-refractivity contribution is -0.146. The Morgan fingerprint density at radius 3 is 3.00 bits per heavy atom. The number of hydrogen-bond donors (Lipinski definition) is 2. The van der Waals surface area contributed by atoms with E-state index in [0.29, 0.717) is 18.4 Å². The number of rotatable bonds is 3. The normalized spacial score (nSPS) is 30.9. The summed E-state index contributed by atoms with van der Waals surface area (Å²) >= 11 is 0. The molecule has 0 aromatic heterocycles. The smallest absolute Gasteiger partial charge is 0.325 e. The molecular weight excluding hydrogens is 216 g/mol. The highest BCUT2D eigenvalue weighted by atomic mass is 16.5. The molecule has 0 amide bonds. The highest BCUT2D eigenvalue weighted by molar-refractivity contribution is 5.80. The van der Waals surface area contributed by atoms with Gasteiger partial charge >= 0.3 is 5.97 Å². The second-order valence-electron chi connectivity index (χ2n) is 5.47. The minimum atomic E-state index is -0.908. The summed E-state index contributed by atoms with van der Waals surface area (Å²) in [6, 6.07) is 0.562. The molecule has 0 aromatic rings. The first-order valence-electron chi connectivity index (χ1n) is 6.37. The predicted octanol–water partition coefficient (Wildman–Crippen LogP) is 1.31. The van der Waals surface area contributed by atoms with E-state index in [2.05, 4.69) is 11.5 Å². The Balaban J connectivity index is 2.02. The fourth-order valence-corrected chi connectivity index (χ4v) is 3.01. The largest absolute Gasteiger partial charge is 0.468 e. The van der Waals surface area contributed by atoms with E-state index in [-0.39, 0.29) is 5.97 Å². The van der Waals surface area contributed by atoms with E-state index in [1.165, 1.54) is 38.4 Å². The van der Waals surface area contributed by atoms with Gasteiger partial charge in [-0.2, -0.15) is 0 Å². The summed E-state index contributed by atoms with van der Waals surface area (Å²) in [5.74, 6) is 0.231. The van der Waals surface area contributed by atoms with Crippen LogP contribution in [0.4, 0.5) is 0 Å². The minimum Gasteiger partial charge on any atom is -0.468 e. The van der Waals surface area contributed by atoms with Gasteiger partial charge in [-0.15, -0.1) is 0 Å². The van der Waals surface area contributed by atoms with Crippen LogP contribution in [0.2, 0.25) is 0 Å². The number of fused-ring (bicyclic) bond motifs is 1. The SMILES string of the molecule is COC(=O)C(C)(N)CC1=CNC2CCCCC12. The molecule has 0 radical (unpaired) electrons. The molecule has 0 spiro atoms. The Hall–Kier alpha value is -1.03. The third-order valence-electron chi connectivity index (χ3n) is 3.95. The van der Waals surface area contributed by atoms with E-state index in [1.807, 2.05) is 0 Å². The first kappa shape index (κ1) is 12.4. The van der Waals surface area contributed by atoms with E-state index in [4.69, 9.17) is 10.5 Å². The molecule has 1 heterocycles. The monoisotopic (exact) mass is 238 g/mol. The third-order valence-corrected chi connectivity index (χ3v) is 3.95. The van der Waals surface area contributed by atoms with Crippen LogP contribution in [-0.4, -0.2) is 24.7 Å². The van der Waals surface area contributed by atoms with Crippen LogP contribution in [0.1, 0.15) is 39.0 Å². The molecule has 3 atom stereocenters. The lowest BCUT2D eigenvalue weighted by Gasteiger charge is -2.30. The standard InChI is InChI=1S/C13H22N2O2/c1-13(14,12(16)17-2)7-9-8-15-11-6-4-3-5-10(9)11/h8,10-11,15H,3-7,14H2,1-2H3. The zero-order valence-electron chi connectivity index (χ0n) is 10.7. The number of nitrogens with one attached hydrogen (secondary N) is 1. The summed E-state index contributed by atoms with van der Waals surface area (Å²) in [7, 11) is 1.39. The molecule has 96 valence electrons. The van der Waals surface area contributed by atoms with Gasteiger partial charge in [0.2, 0.25) is 0 Å². The highest BCUT2D eigenvalue weighted by Gasteiger charge is 2.37. The average molecular weight is 238 g/mol. The highest BCUT2D eigenvalue weighted by Crippen LogP contribution is 2.37.